The second-order valence-electron chi connectivity index (χ2n) is 9.07. The average Bonchev–Trinajstić information content (AvgIpc) is 2.72. The van der Waals surface area contributed by atoms with Crippen molar-refractivity contribution < 1.29 is 23.9 Å². The Hall–Kier alpha value is -2.73. The molecule has 30 heavy (non-hydrogen) atoms. The van der Waals surface area contributed by atoms with Gasteiger partial charge in [0.2, 0.25) is 0 Å². The normalized spacial score (nSPS) is 25.5. The third kappa shape index (κ3) is 2.93. The van der Waals surface area contributed by atoms with Crippen LogP contribution in [-0.4, -0.2) is 45.0 Å². The lowest BCUT2D eigenvalue weighted by atomic mass is 9.55. The maximum atomic E-state index is 13.8. The zero-order valence-corrected chi connectivity index (χ0v) is 17.9. The molecule has 6 nitrogen and oxygen atoms in total. The summed E-state index contributed by atoms with van der Waals surface area (Å²) >= 11 is 0. The summed E-state index contributed by atoms with van der Waals surface area (Å²) in [6.07, 6.45) is 0.435. The first-order chi connectivity index (χ1) is 14.2. The Kier molecular flexibility index (Phi) is 4.93. The molecule has 4 rings (SSSR count). The summed E-state index contributed by atoms with van der Waals surface area (Å²) < 4.78 is 10.4. The summed E-state index contributed by atoms with van der Waals surface area (Å²) in [5.74, 6) is -1.99. The lowest BCUT2D eigenvalue weighted by Gasteiger charge is -2.49. The van der Waals surface area contributed by atoms with Crippen molar-refractivity contribution in [1.29, 1.82) is 0 Å². The Morgan fingerprint density at radius 3 is 2.53 bits per heavy atom. The number of hydrogen-bond acceptors (Lipinski definition) is 6. The lowest BCUT2D eigenvalue weighted by Crippen LogP contribution is -2.62. The number of fused-ring (bicyclic) bond motifs is 3. The van der Waals surface area contributed by atoms with Crippen LogP contribution >= 0.6 is 0 Å². The zero-order valence-electron chi connectivity index (χ0n) is 17.9. The van der Waals surface area contributed by atoms with Gasteiger partial charge in [0.05, 0.1) is 7.11 Å². The SMILES string of the molecule is COCN1C[C@]2(Cc3c1ccc1ccccc31)C(=O)CC(C)(C)[C@@H](C(=O)OC)C2=O. The van der Waals surface area contributed by atoms with E-state index in [1.165, 1.54) is 7.11 Å². The van der Waals surface area contributed by atoms with Crippen molar-refractivity contribution in [2.45, 2.75) is 26.7 Å². The van der Waals surface area contributed by atoms with Crippen LogP contribution in [0.1, 0.15) is 25.8 Å². The Morgan fingerprint density at radius 2 is 1.83 bits per heavy atom. The minimum absolute atomic E-state index is 0.114. The monoisotopic (exact) mass is 409 g/mol. The second-order valence-corrected chi connectivity index (χ2v) is 9.07. The van der Waals surface area contributed by atoms with Gasteiger partial charge >= 0.3 is 5.97 Å². The Labute approximate surface area is 176 Å². The molecule has 2 aromatic rings. The molecule has 1 aliphatic heterocycles. The molecule has 0 unspecified atom stereocenters. The molecule has 158 valence electrons. The predicted octanol–water partition coefficient (Wildman–Crippen LogP) is 3.15. The van der Waals surface area contributed by atoms with E-state index in [9.17, 15) is 14.4 Å². The molecule has 0 aromatic heterocycles. The molecule has 1 heterocycles. The molecule has 2 aliphatic rings. The summed E-state index contributed by atoms with van der Waals surface area (Å²) in [5.41, 5.74) is -0.163. The van der Waals surface area contributed by atoms with Crippen molar-refractivity contribution in [2.75, 3.05) is 32.4 Å². The minimum Gasteiger partial charge on any atom is -0.468 e. The van der Waals surface area contributed by atoms with Crippen molar-refractivity contribution in [1.82, 2.24) is 0 Å². The molecule has 2 aromatic carbocycles. The molecular formula is C24H27NO5. The third-order valence-electron chi connectivity index (χ3n) is 6.68. The van der Waals surface area contributed by atoms with E-state index >= 15 is 0 Å². The van der Waals surface area contributed by atoms with Crippen LogP contribution in [0, 0.1) is 16.7 Å². The minimum atomic E-state index is -1.29. The van der Waals surface area contributed by atoms with Gasteiger partial charge in [0.25, 0.3) is 0 Å². The molecule has 2 atom stereocenters. The van der Waals surface area contributed by atoms with Crippen molar-refractivity contribution in [2.24, 2.45) is 16.7 Å². The van der Waals surface area contributed by atoms with E-state index in [-0.39, 0.29) is 37.7 Å². The number of hydrogen-bond donors (Lipinski definition) is 0. The van der Waals surface area contributed by atoms with Crippen molar-refractivity contribution in [3.8, 4) is 0 Å². The molecule has 0 radical (unpaired) electrons. The van der Waals surface area contributed by atoms with E-state index < -0.39 is 22.7 Å². The summed E-state index contributed by atoms with van der Waals surface area (Å²) in [6, 6.07) is 12.0. The Balaban J connectivity index is 1.90. The predicted molar refractivity (Wildman–Crippen MR) is 113 cm³/mol. The van der Waals surface area contributed by atoms with Crippen molar-refractivity contribution >= 4 is 34.0 Å². The number of carbonyl (C=O) groups is 3. The number of benzene rings is 2. The smallest absolute Gasteiger partial charge is 0.316 e. The van der Waals surface area contributed by atoms with Gasteiger partial charge in [-0.05, 0) is 34.2 Å². The van der Waals surface area contributed by atoms with Gasteiger partial charge in [0, 0.05) is 25.8 Å². The quantitative estimate of drug-likeness (QED) is 0.573. The molecule has 1 saturated carbocycles. The fourth-order valence-electron chi connectivity index (χ4n) is 5.20. The average molecular weight is 409 g/mol. The van der Waals surface area contributed by atoms with Gasteiger partial charge in [-0.1, -0.05) is 44.2 Å². The van der Waals surface area contributed by atoms with E-state index in [1.54, 1.807) is 21.0 Å². The number of ketones is 2. The molecule has 1 aliphatic carbocycles. The number of esters is 1. The van der Waals surface area contributed by atoms with Gasteiger partial charge in [-0.3, -0.25) is 14.4 Å². The first-order valence-electron chi connectivity index (χ1n) is 10.1. The molecule has 1 fully saturated rings. The van der Waals surface area contributed by atoms with Gasteiger partial charge < -0.3 is 14.4 Å². The zero-order chi connectivity index (χ0) is 21.7. The van der Waals surface area contributed by atoms with Gasteiger partial charge in [0.15, 0.2) is 5.78 Å². The number of nitrogens with zero attached hydrogens (tertiary/aromatic N) is 1. The van der Waals surface area contributed by atoms with E-state index in [0.29, 0.717) is 0 Å². The number of ether oxygens (including phenoxy) is 2. The first kappa shape index (κ1) is 20.5. The molecular weight excluding hydrogens is 382 g/mol. The van der Waals surface area contributed by atoms with Gasteiger partial charge in [-0.15, -0.1) is 0 Å². The fraction of sp³-hybridized carbons (Fsp3) is 0.458. The van der Waals surface area contributed by atoms with E-state index in [4.69, 9.17) is 9.47 Å². The Morgan fingerprint density at radius 1 is 1.10 bits per heavy atom. The molecule has 0 N–H and O–H groups in total. The van der Waals surface area contributed by atoms with Crippen LogP contribution in [0.2, 0.25) is 0 Å². The maximum absolute atomic E-state index is 13.8. The van der Waals surface area contributed by atoms with Crippen LogP contribution in [0.5, 0.6) is 0 Å². The van der Waals surface area contributed by atoms with E-state index in [1.807, 2.05) is 41.3 Å². The number of Topliss-reactive ketones (excluding diaryl/α,β-unsaturated/α-hetero) is 2. The number of rotatable bonds is 3. The van der Waals surface area contributed by atoms with Crippen LogP contribution in [0.4, 0.5) is 5.69 Å². The summed E-state index contributed by atoms with van der Waals surface area (Å²) in [4.78, 5) is 41.9. The van der Waals surface area contributed by atoms with Crippen LogP contribution in [0.3, 0.4) is 0 Å². The Bertz CT molecular complexity index is 1040. The number of methoxy groups -OCH3 is 2. The van der Waals surface area contributed by atoms with Crippen LogP contribution in [-0.2, 0) is 30.3 Å². The lowest BCUT2D eigenvalue weighted by molar-refractivity contribution is -0.165. The second kappa shape index (κ2) is 7.20. The highest BCUT2D eigenvalue weighted by atomic mass is 16.5. The summed E-state index contributed by atoms with van der Waals surface area (Å²) in [7, 11) is 2.88. The molecule has 6 heteroatoms. The first-order valence-corrected chi connectivity index (χ1v) is 10.1. The van der Waals surface area contributed by atoms with E-state index in [0.717, 1.165) is 22.0 Å². The maximum Gasteiger partial charge on any atom is 0.316 e. The molecule has 0 saturated heterocycles. The van der Waals surface area contributed by atoms with Crippen molar-refractivity contribution in [3.05, 3.63) is 42.0 Å². The van der Waals surface area contributed by atoms with Crippen LogP contribution < -0.4 is 4.90 Å². The van der Waals surface area contributed by atoms with Crippen LogP contribution in [0.15, 0.2) is 36.4 Å². The standard InChI is InChI=1S/C24H27NO5/c1-23(2)12-19(26)24(21(27)20(23)22(28)30-4)11-17-16-8-6-5-7-15(16)9-10-18(17)25(13-24)14-29-3/h5-10,20H,11-14H2,1-4H3/t20-,24-/m1/s1. The highest BCUT2D eigenvalue weighted by molar-refractivity contribution is 6.18. The third-order valence-corrected chi connectivity index (χ3v) is 6.68. The summed E-state index contributed by atoms with van der Waals surface area (Å²) in [5, 5.41) is 2.06. The number of carbonyl (C=O) groups excluding carboxylic acids is 3. The van der Waals surface area contributed by atoms with Gasteiger partial charge in [0.1, 0.15) is 23.8 Å². The highest BCUT2D eigenvalue weighted by Gasteiger charge is 2.61. The molecule has 1 spiro atoms. The van der Waals surface area contributed by atoms with Crippen LogP contribution in [0.25, 0.3) is 10.8 Å². The molecule has 0 amide bonds. The summed E-state index contributed by atoms with van der Waals surface area (Å²) in [6.45, 7) is 4.03. The van der Waals surface area contributed by atoms with Crippen molar-refractivity contribution in [3.63, 3.8) is 0 Å². The molecule has 0 bridgehead atoms. The highest BCUT2D eigenvalue weighted by Crippen LogP contribution is 2.50. The fourth-order valence-corrected chi connectivity index (χ4v) is 5.20. The number of anilines is 1. The topological polar surface area (TPSA) is 72.9 Å². The van der Waals surface area contributed by atoms with Gasteiger partial charge in [-0.2, -0.15) is 0 Å². The van der Waals surface area contributed by atoms with Gasteiger partial charge in [-0.25, -0.2) is 0 Å². The largest absolute Gasteiger partial charge is 0.468 e. The van der Waals surface area contributed by atoms with E-state index in [2.05, 4.69) is 0 Å².